The van der Waals surface area contributed by atoms with Gasteiger partial charge in [-0.1, -0.05) is 30.3 Å². The molecular formula is C18H20N2O3. The molecule has 2 aromatic rings. The average Bonchev–Trinajstić information content (AvgIpc) is 3.24. The second kappa shape index (κ2) is 5.44. The summed E-state index contributed by atoms with van der Waals surface area (Å²) in [5.41, 5.74) is 1.66. The highest BCUT2D eigenvalue weighted by molar-refractivity contribution is 5.56. The summed E-state index contributed by atoms with van der Waals surface area (Å²) in [5.74, 6) is 1.42. The minimum atomic E-state index is -0.283. The van der Waals surface area contributed by atoms with Gasteiger partial charge in [-0.3, -0.25) is 10.3 Å². The summed E-state index contributed by atoms with van der Waals surface area (Å²) in [6.07, 6.45) is 0.929. The number of rotatable bonds is 4. The van der Waals surface area contributed by atoms with Gasteiger partial charge < -0.3 is 14.8 Å². The molecule has 23 heavy (non-hydrogen) atoms. The van der Waals surface area contributed by atoms with Crippen LogP contribution in [0.25, 0.3) is 0 Å². The van der Waals surface area contributed by atoms with Gasteiger partial charge in [0.25, 0.3) is 0 Å². The van der Waals surface area contributed by atoms with Gasteiger partial charge in [0.1, 0.15) is 6.61 Å². The third-order valence-electron chi connectivity index (χ3n) is 4.51. The lowest BCUT2D eigenvalue weighted by Crippen LogP contribution is -2.39. The number of nitrogens with zero attached hydrogens (tertiary/aromatic N) is 1. The Morgan fingerprint density at radius 2 is 2.04 bits per heavy atom. The third-order valence-corrected chi connectivity index (χ3v) is 4.51. The van der Waals surface area contributed by atoms with Crippen LogP contribution in [-0.4, -0.2) is 30.5 Å². The Balaban J connectivity index is 1.43. The summed E-state index contributed by atoms with van der Waals surface area (Å²) in [5, 5.41) is 14.2. The molecule has 1 heterocycles. The maximum atomic E-state index is 9.56. The standard InChI is InChI=1S/C18H20N2O3/c1-20(21)14-7-8-15-16(9-14)23-18(12-22-15)10-17(18)19-11-13-5-3-2-4-6-13/h2-9,17,19,21H,10-12H2,1H3. The van der Waals surface area contributed by atoms with Crippen LogP contribution in [0, 0.1) is 0 Å². The molecule has 1 aliphatic carbocycles. The number of nitrogens with one attached hydrogen (secondary N) is 1. The van der Waals surface area contributed by atoms with E-state index in [0.717, 1.165) is 23.8 Å². The van der Waals surface area contributed by atoms with Gasteiger partial charge in [-0.15, -0.1) is 0 Å². The van der Waals surface area contributed by atoms with E-state index in [1.54, 1.807) is 13.1 Å². The molecule has 0 aromatic heterocycles. The fourth-order valence-corrected chi connectivity index (χ4v) is 3.00. The van der Waals surface area contributed by atoms with Crippen molar-refractivity contribution >= 4 is 5.69 Å². The Labute approximate surface area is 135 Å². The zero-order chi connectivity index (χ0) is 15.9. The Morgan fingerprint density at radius 3 is 2.83 bits per heavy atom. The van der Waals surface area contributed by atoms with Crippen molar-refractivity contribution in [3.05, 3.63) is 54.1 Å². The second-order valence-corrected chi connectivity index (χ2v) is 6.23. The summed E-state index contributed by atoms with van der Waals surface area (Å²) in [7, 11) is 1.59. The smallest absolute Gasteiger partial charge is 0.164 e. The predicted octanol–water partition coefficient (Wildman–Crippen LogP) is 2.58. The lowest BCUT2D eigenvalue weighted by Gasteiger charge is -2.28. The first-order valence-electron chi connectivity index (χ1n) is 7.82. The molecule has 1 fully saturated rings. The largest absolute Gasteiger partial charge is 0.485 e. The van der Waals surface area contributed by atoms with Gasteiger partial charge in [-0.05, 0) is 17.7 Å². The molecule has 0 bridgehead atoms. The van der Waals surface area contributed by atoms with E-state index in [1.807, 2.05) is 30.3 Å². The van der Waals surface area contributed by atoms with Gasteiger partial charge in [0.05, 0.1) is 11.7 Å². The van der Waals surface area contributed by atoms with Crippen LogP contribution in [-0.2, 0) is 6.54 Å². The molecule has 2 unspecified atom stereocenters. The van der Waals surface area contributed by atoms with Crippen molar-refractivity contribution < 1.29 is 14.7 Å². The highest BCUT2D eigenvalue weighted by Crippen LogP contribution is 2.48. The first-order valence-corrected chi connectivity index (χ1v) is 7.82. The van der Waals surface area contributed by atoms with Gasteiger partial charge >= 0.3 is 0 Å². The molecular weight excluding hydrogens is 292 g/mol. The highest BCUT2D eigenvalue weighted by atomic mass is 16.6. The minimum Gasteiger partial charge on any atom is -0.485 e. The zero-order valence-corrected chi connectivity index (χ0v) is 13.0. The van der Waals surface area contributed by atoms with Crippen LogP contribution in [0.2, 0.25) is 0 Å². The fraction of sp³-hybridized carbons (Fsp3) is 0.333. The van der Waals surface area contributed by atoms with E-state index in [-0.39, 0.29) is 11.6 Å². The predicted molar refractivity (Wildman–Crippen MR) is 87.2 cm³/mol. The zero-order valence-electron chi connectivity index (χ0n) is 13.0. The lowest BCUT2D eigenvalue weighted by molar-refractivity contribution is 0.0635. The van der Waals surface area contributed by atoms with Crippen LogP contribution in [0.4, 0.5) is 5.69 Å². The summed E-state index contributed by atoms with van der Waals surface area (Å²) in [6.45, 7) is 1.38. The monoisotopic (exact) mass is 312 g/mol. The molecule has 5 nitrogen and oxygen atoms in total. The van der Waals surface area contributed by atoms with E-state index in [1.165, 1.54) is 5.56 Å². The van der Waals surface area contributed by atoms with Crippen molar-refractivity contribution in [3.8, 4) is 11.5 Å². The van der Waals surface area contributed by atoms with Crippen LogP contribution < -0.4 is 19.9 Å². The summed E-state index contributed by atoms with van der Waals surface area (Å²) in [6, 6.07) is 16.1. The van der Waals surface area contributed by atoms with Gasteiger partial charge in [0, 0.05) is 26.1 Å². The summed E-state index contributed by atoms with van der Waals surface area (Å²) in [4.78, 5) is 0. The van der Waals surface area contributed by atoms with Crippen LogP contribution in [0.3, 0.4) is 0 Å². The van der Waals surface area contributed by atoms with E-state index in [4.69, 9.17) is 9.47 Å². The molecule has 0 amide bonds. The molecule has 2 N–H and O–H groups in total. The number of anilines is 1. The Hall–Kier alpha value is -2.24. The average molecular weight is 312 g/mol. The minimum absolute atomic E-state index is 0.283. The molecule has 0 radical (unpaired) electrons. The van der Waals surface area contributed by atoms with Crippen molar-refractivity contribution in [2.24, 2.45) is 0 Å². The van der Waals surface area contributed by atoms with Crippen molar-refractivity contribution in [1.82, 2.24) is 5.32 Å². The Morgan fingerprint density at radius 1 is 1.22 bits per heavy atom. The SMILES string of the molecule is CN(O)c1ccc2c(c1)OC1(CO2)CC1NCc1ccccc1. The van der Waals surface area contributed by atoms with Crippen molar-refractivity contribution in [2.45, 2.75) is 24.6 Å². The maximum absolute atomic E-state index is 9.56. The molecule has 1 aliphatic heterocycles. The van der Waals surface area contributed by atoms with Gasteiger partial charge in [-0.2, -0.15) is 0 Å². The third kappa shape index (κ3) is 2.73. The molecule has 120 valence electrons. The number of hydrogen-bond donors (Lipinski definition) is 2. The second-order valence-electron chi connectivity index (χ2n) is 6.23. The van der Waals surface area contributed by atoms with E-state index in [2.05, 4.69) is 17.4 Å². The molecule has 5 heteroatoms. The fourth-order valence-electron chi connectivity index (χ4n) is 3.00. The molecule has 1 saturated carbocycles. The summed E-state index contributed by atoms with van der Waals surface area (Å²) < 4.78 is 12.1. The molecule has 1 spiro atoms. The van der Waals surface area contributed by atoms with Crippen LogP contribution >= 0.6 is 0 Å². The summed E-state index contributed by atoms with van der Waals surface area (Å²) >= 11 is 0. The van der Waals surface area contributed by atoms with Crippen LogP contribution in [0.15, 0.2) is 48.5 Å². The lowest BCUT2D eigenvalue weighted by atomic mass is 10.2. The van der Waals surface area contributed by atoms with E-state index in [0.29, 0.717) is 18.0 Å². The normalized spacial score (nSPS) is 24.5. The van der Waals surface area contributed by atoms with E-state index < -0.39 is 0 Å². The van der Waals surface area contributed by atoms with Crippen LogP contribution in [0.5, 0.6) is 11.5 Å². The number of hydroxylamine groups is 1. The molecule has 0 saturated heterocycles. The first-order chi connectivity index (χ1) is 11.2. The number of hydrogen-bond acceptors (Lipinski definition) is 5. The molecule has 2 atom stereocenters. The first kappa shape index (κ1) is 14.4. The van der Waals surface area contributed by atoms with E-state index in [9.17, 15) is 5.21 Å². The maximum Gasteiger partial charge on any atom is 0.164 e. The van der Waals surface area contributed by atoms with Crippen LogP contribution in [0.1, 0.15) is 12.0 Å². The number of benzene rings is 2. The molecule has 2 aliphatic rings. The van der Waals surface area contributed by atoms with Crippen molar-refractivity contribution in [2.75, 3.05) is 18.7 Å². The Kier molecular flexibility index (Phi) is 3.39. The quantitative estimate of drug-likeness (QED) is 0.850. The number of fused-ring (bicyclic) bond motifs is 1. The number of ether oxygens (including phenoxy) is 2. The van der Waals surface area contributed by atoms with Gasteiger partial charge in [0.15, 0.2) is 17.1 Å². The molecule has 4 rings (SSSR count). The molecule has 2 aromatic carbocycles. The highest BCUT2D eigenvalue weighted by Gasteiger charge is 2.59. The van der Waals surface area contributed by atoms with Gasteiger partial charge in [-0.25, -0.2) is 0 Å². The van der Waals surface area contributed by atoms with Gasteiger partial charge in [0.2, 0.25) is 0 Å². The Bertz CT molecular complexity index is 705. The topological polar surface area (TPSA) is 54.0 Å². The van der Waals surface area contributed by atoms with Crippen molar-refractivity contribution in [1.29, 1.82) is 0 Å². The van der Waals surface area contributed by atoms with E-state index >= 15 is 0 Å². The van der Waals surface area contributed by atoms with Crippen molar-refractivity contribution in [3.63, 3.8) is 0 Å².